The molecule has 0 unspecified atom stereocenters. The van der Waals surface area contributed by atoms with Gasteiger partial charge in [0.15, 0.2) is 11.5 Å². The van der Waals surface area contributed by atoms with E-state index < -0.39 is 5.97 Å². The van der Waals surface area contributed by atoms with Crippen molar-refractivity contribution in [3.8, 4) is 11.5 Å². The Morgan fingerprint density at radius 3 is 2.54 bits per heavy atom. The largest absolute Gasteiger partial charge is 0.504 e. The number of carboxylic acid groups (broad SMARTS) is 1. The lowest BCUT2D eigenvalue weighted by Crippen LogP contribution is -2.00. The molecule has 0 saturated carbocycles. The SMILES string of the molecule is O=C(O)Cc1cc(Br)cc(O)c1O. The van der Waals surface area contributed by atoms with Gasteiger partial charge in [0.1, 0.15) is 0 Å². The fraction of sp³-hybridized carbons (Fsp3) is 0.125. The number of phenolic OH excluding ortho intramolecular Hbond substituents is 2. The summed E-state index contributed by atoms with van der Waals surface area (Å²) in [6.07, 6.45) is -0.321. The van der Waals surface area contributed by atoms with Gasteiger partial charge >= 0.3 is 5.97 Å². The summed E-state index contributed by atoms with van der Waals surface area (Å²) in [6, 6.07) is 2.74. The van der Waals surface area contributed by atoms with Gasteiger partial charge in [0, 0.05) is 10.0 Å². The van der Waals surface area contributed by atoms with E-state index in [2.05, 4.69) is 15.9 Å². The monoisotopic (exact) mass is 246 g/mol. The number of halogens is 1. The molecule has 0 heterocycles. The molecule has 0 aliphatic carbocycles. The summed E-state index contributed by atoms with van der Waals surface area (Å²) in [5.74, 6) is -1.77. The van der Waals surface area contributed by atoms with E-state index in [9.17, 15) is 9.90 Å². The van der Waals surface area contributed by atoms with Crippen molar-refractivity contribution in [3.05, 3.63) is 22.2 Å². The van der Waals surface area contributed by atoms with Crippen LogP contribution >= 0.6 is 15.9 Å². The van der Waals surface area contributed by atoms with Gasteiger partial charge in [-0.15, -0.1) is 0 Å². The number of aliphatic carboxylic acids is 1. The third-order valence-corrected chi connectivity index (χ3v) is 1.93. The smallest absolute Gasteiger partial charge is 0.307 e. The zero-order valence-electron chi connectivity index (χ0n) is 6.49. The van der Waals surface area contributed by atoms with E-state index in [4.69, 9.17) is 10.2 Å². The Hall–Kier alpha value is -1.23. The lowest BCUT2D eigenvalue weighted by molar-refractivity contribution is -0.136. The lowest BCUT2D eigenvalue weighted by Gasteiger charge is -2.04. The van der Waals surface area contributed by atoms with Gasteiger partial charge in [-0.2, -0.15) is 0 Å². The zero-order valence-corrected chi connectivity index (χ0v) is 8.08. The van der Waals surface area contributed by atoms with E-state index in [1.165, 1.54) is 12.1 Å². The Morgan fingerprint density at radius 2 is 2.00 bits per heavy atom. The molecule has 0 spiro atoms. The van der Waals surface area contributed by atoms with Crippen LogP contribution in [0.4, 0.5) is 0 Å². The van der Waals surface area contributed by atoms with E-state index >= 15 is 0 Å². The Kier molecular flexibility index (Phi) is 2.77. The molecule has 0 amide bonds. The average Bonchev–Trinajstić information content (AvgIpc) is 1.98. The molecule has 0 bridgehead atoms. The maximum atomic E-state index is 10.3. The molecule has 3 N–H and O–H groups in total. The van der Waals surface area contributed by atoms with Crippen molar-refractivity contribution < 1.29 is 20.1 Å². The predicted octanol–water partition coefficient (Wildman–Crippen LogP) is 1.49. The van der Waals surface area contributed by atoms with Gasteiger partial charge < -0.3 is 15.3 Å². The number of rotatable bonds is 2. The van der Waals surface area contributed by atoms with Crippen LogP contribution in [0.25, 0.3) is 0 Å². The molecule has 0 aliphatic heterocycles. The molecule has 13 heavy (non-hydrogen) atoms. The number of hydrogen-bond acceptors (Lipinski definition) is 3. The maximum Gasteiger partial charge on any atom is 0.307 e. The number of aromatic hydroxyl groups is 2. The molecular formula is C8H7BrO4. The third kappa shape index (κ3) is 2.35. The van der Waals surface area contributed by atoms with Gasteiger partial charge in [0.25, 0.3) is 0 Å². The van der Waals surface area contributed by atoms with Crippen LogP contribution in [0.15, 0.2) is 16.6 Å². The van der Waals surface area contributed by atoms with Gasteiger partial charge in [0.05, 0.1) is 6.42 Å². The van der Waals surface area contributed by atoms with Gasteiger partial charge in [-0.25, -0.2) is 0 Å². The summed E-state index contributed by atoms with van der Waals surface area (Å²) in [5.41, 5.74) is 0.180. The Morgan fingerprint density at radius 1 is 1.38 bits per heavy atom. The van der Waals surface area contributed by atoms with Gasteiger partial charge in [0.2, 0.25) is 0 Å². The highest BCUT2D eigenvalue weighted by molar-refractivity contribution is 9.10. The molecule has 1 rings (SSSR count). The molecule has 70 valence electrons. The summed E-state index contributed by atoms with van der Waals surface area (Å²) in [5, 5.41) is 26.8. The Balaban J connectivity index is 3.12. The van der Waals surface area contributed by atoms with E-state index in [0.717, 1.165) is 0 Å². The minimum Gasteiger partial charge on any atom is -0.504 e. The first-order chi connectivity index (χ1) is 6.00. The number of phenols is 2. The standard InChI is InChI=1S/C8H7BrO4/c9-5-1-4(2-7(11)12)8(13)6(10)3-5/h1,3,10,13H,2H2,(H,11,12). The highest BCUT2D eigenvalue weighted by Gasteiger charge is 2.10. The van der Waals surface area contributed by atoms with Crippen LogP contribution in [0.5, 0.6) is 11.5 Å². The van der Waals surface area contributed by atoms with Crippen LogP contribution in [0.2, 0.25) is 0 Å². The first kappa shape index (κ1) is 9.85. The topological polar surface area (TPSA) is 77.8 Å². The normalized spacial score (nSPS) is 9.92. The number of carboxylic acids is 1. The van der Waals surface area contributed by atoms with Crippen molar-refractivity contribution in [1.29, 1.82) is 0 Å². The molecule has 1 aromatic rings. The highest BCUT2D eigenvalue weighted by Crippen LogP contribution is 2.32. The molecule has 0 aromatic heterocycles. The van der Waals surface area contributed by atoms with E-state index in [-0.39, 0.29) is 23.5 Å². The van der Waals surface area contributed by atoms with Crippen molar-refractivity contribution in [3.63, 3.8) is 0 Å². The van der Waals surface area contributed by atoms with Crippen molar-refractivity contribution in [2.24, 2.45) is 0 Å². The maximum absolute atomic E-state index is 10.3. The number of carbonyl (C=O) groups is 1. The van der Waals surface area contributed by atoms with E-state index in [1.807, 2.05) is 0 Å². The van der Waals surface area contributed by atoms with Crippen LogP contribution in [0.1, 0.15) is 5.56 Å². The van der Waals surface area contributed by atoms with Crippen molar-refractivity contribution >= 4 is 21.9 Å². The summed E-state index contributed by atoms with van der Waals surface area (Å²) in [7, 11) is 0. The van der Waals surface area contributed by atoms with Gasteiger partial charge in [-0.3, -0.25) is 4.79 Å². The molecule has 0 radical (unpaired) electrons. The number of benzene rings is 1. The molecule has 0 aliphatic rings. The fourth-order valence-electron chi connectivity index (χ4n) is 0.938. The van der Waals surface area contributed by atoms with Crippen LogP contribution in [0, 0.1) is 0 Å². The summed E-state index contributed by atoms with van der Waals surface area (Å²) >= 11 is 3.07. The zero-order chi connectivity index (χ0) is 10.0. The van der Waals surface area contributed by atoms with E-state index in [0.29, 0.717) is 4.47 Å². The minimum absolute atomic E-state index is 0.180. The van der Waals surface area contributed by atoms with Crippen molar-refractivity contribution in [2.45, 2.75) is 6.42 Å². The molecule has 5 heteroatoms. The Bertz CT molecular complexity index is 348. The third-order valence-electron chi connectivity index (χ3n) is 1.48. The molecule has 1 aromatic carbocycles. The second-order valence-electron chi connectivity index (χ2n) is 2.50. The van der Waals surface area contributed by atoms with Crippen molar-refractivity contribution in [1.82, 2.24) is 0 Å². The van der Waals surface area contributed by atoms with Crippen LogP contribution in [-0.2, 0) is 11.2 Å². The first-order valence-corrected chi connectivity index (χ1v) is 4.22. The van der Waals surface area contributed by atoms with Gasteiger partial charge in [-0.1, -0.05) is 15.9 Å². The first-order valence-electron chi connectivity index (χ1n) is 3.43. The fourth-order valence-corrected chi connectivity index (χ4v) is 1.43. The average molecular weight is 247 g/mol. The summed E-state index contributed by atoms with van der Waals surface area (Å²) < 4.78 is 0.527. The molecular weight excluding hydrogens is 240 g/mol. The van der Waals surface area contributed by atoms with Crippen LogP contribution in [0.3, 0.4) is 0 Å². The summed E-state index contributed by atoms with van der Waals surface area (Å²) in [4.78, 5) is 10.3. The van der Waals surface area contributed by atoms with Crippen LogP contribution < -0.4 is 0 Å². The van der Waals surface area contributed by atoms with Gasteiger partial charge in [-0.05, 0) is 12.1 Å². The van der Waals surface area contributed by atoms with Crippen LogP contribution in [-0.4, -0.2) is 21.3 Å². The summed E-state index contributed by atoms with van der Waals surface area (Å²) in [6.45, 7) is 0. The predicted molar refractivity (Wildman–Crippen MR) is 48.8 cm³/mol. The molecule has 0 fully saturated rings. The second kappa shape index (κ2) is 3.66. The van der Waals surface area contributed by atoms with Crippen molar-refractivity contribution in [2.75, 3.05) is 0 Å². The molecule has 0 atom stereocenters. The Labute approximate surface area is 82.6 Å². The minimum atomic E-state index is -1.06. The lowest BCUT2D eigenvalue weighted by atomic mass is 10.1. The van der Waals surface area contributed by atoms with E-state index in [1.54, 1.807) is 0 Å². The molecule has 4 nitrogen and oxygen atoms in total. The quantitative estimate of drug-likeness (QED) is 0.692. The second-order valence-corrected chi connectivity index (χ2v) is 3.42. The molecule has 0 saturated heterocycles. The highest BCUT2D eigenvalue weighted by atomic mass is 79.9. The number of hydrogen-bond donors (Lipinski definition) is 3.